The van der Waals surface area contributed by atoms with Crippen LogP contribution in [0.1, 0.15) is 24.2 Å². The third kappa shape index (κ3) is 2.99. The summed E-state index contributed by atoms with van der Waals surface area (Å²) >= 11 is 0. The number of benzene rings is 1. The second kappa shape index (κ2) is 6.05. The van der Waals surface area contributed by atoms with E-state index in [1.165, 1.54) is 6.07 Å². The molecule has 5 heteroatoms. The SMILES string of the molecule is C[C@@H](NCc1cnc(N(C)C)n1C)c1ccccc1F. The van der Waals surface area contributed by atoms with Crippen LogP contribution in [0.4, 0.5) is 10.3 Å². The van der Waals surface area contributed by atoms with Crippen LogP contribution >= 0.6 is 0 Å². The Morgan fingerprint density at radius 1 is 1.35 bits per heavy atom. The molecule has 0 saturated heterocycles. The molecule has 1 N–H and O–H groups in total. The zero-order chi connectivity index (χ0) is 14.7. The molecule has 1 atom stereocenters. The summed E-state index contributed by atoms with van der Waals surface area (Å²) in [6.07, 6.45) is 1.84. The second-order valence-corrected chi connectivity index (χ2v) is 5.13. The van der Waals surface area contributed by atoms with Crippen molar-refractivity contribution in [3.63, 3.8) is 0 Å². The molecule has 1 heterocycles. The molecule has 0 radical (unpaired) electrons. The second-order valence-electron chi connectivity index (χ2n) is 5.13. The van der Waals surface area contributed by atoms with Crippen LogP contribution in [0.5, 0.6) is 0 Å². The number of nitrogens with one attached hydrogen (secondary N) is 1. The molecule has 0 aliphatic carbocycles. The molecule has 0 fully saturated rings. The van der Waals surface area contributed by atoms with E-state index in [9.17, 15) is 4.39 Å². The van der Waals surface area contributed by atoms with Crippen molar-refractivity contribution in [2.24, 2.45) is 7.05 Å². The van der Waals surface area contributed by atoms with Gasteiger partial charge in [0.15, 0.2) is 0 Å². The number of nitrogens with zero attached hydrogens (tertiary/aromatic N) is 3. The molecule has 0 saturated carbocycles. The maximum atomic E-state index is 13.7. The van der Waals surface area contributed by atoms with Gasteiger partial charge in [-0.15, -0.1) is 0 Å². The molecule has 4 nitrogen and oxygen atoms in total. The number of aromatic nitrogens is 2. The fourth-order valence-electron chi connectivity index (χ4n) is 2.21. The number of hydrogen-bond acceptors (Lipinski definition) is 3. The van der Waals surface area contributed by atoms with Crippen LogP contribution in [0.25, 0.3) is 0 Å². The van der Waals surface area contributed by atoms with Crippen LogP contribution < -0.4 is 10.2 Å². The molecule has 1 aromatic heterocycles. The molecule has 1 aromatic carbocycles. The molecular weight excluding hydrogens is 255 g/mol. The van der Waals surface area contributed by atoms with Gasteiger partial charge >= 0.3 is 0 Å². The van der Waals surface area contributed by atoms with Crippen molar-refractivity contribution in [1.82, 2.24) is 14.9 Å². The van der Waals surface area contributed by atoms with Crippen LogP contribution in [0.2, 0.25) is 0 Å². The first-order valence-corrected chi connectivity index (χ1v) is 6.66. The lowest BCUT2D eigenvalue weighted by atomic mass is 10.1. The Labute approximate surface area is 119 Å². The maximum Gasteiger partial charge on any atom is 0.204 e. The predicted octanol–water partition coefficient (Wildman–Crippen LogP) is 2.48. The van der Waals surface area contributed by atoms with Crippen LogP contribution in [-0.4, -0.2) is 23.6 Å². The first-order valence-electron chi connectivity index (χ1n) is 6.66. The molecule has 0 unspecified atom stereocenters. The van der Waals surface area contributed by atoms with E-state index in [1.807, 2.05) is 55.9 Å². The van der Waals surface area contributed by atoms with Gasteiger partial charge in [0.25, 0.3) is 0 Å². The molecule has 108 valence electrons. The van der Waals surface area contributed by atoms with Gasteiger partial charge in [0.05, 0.1) is 11.9 Å². The smallest absolute Gasteiger partial charge is 0.204 e. The molecule has 0 aliphatic rings. The highest BCUT2D eigenvalue weighted by molar-refractivity contribution is 5.31. The minimum Gasteiger partial charge on any atom is -0.348 e. The number of imidazole rings is 1. The van der Waals surface area contributed by atoms with Crippen LogP contribution in [0.3, 0.4) is 0 Å². The Kier molecular flexibility index (Phi) is 4.39. The van der Waals surface area contributed by atoms with E-state index in [1.54, 1.807) is 6.07 Å². The molecule has 2 rings (SSSR count). The Morgan fingerprint density at radius 2 is 2.05 bits per heavy atom. The van der Waals surface area contributed by atoms with Crippen LogP contribution in [0, 0.1) is 5.82 Å². The Bertz CT molecular complexity index is 577. The van der Waals surface area contributed by atoms with E-state index in [4.69, 9.17) is 0 Å². The van der Waals surface area contributed by atoms with Crippen molar-refractivity contribution in [3.05, 3.63) is 47.5 Å². The Morgan fingerprint density at radius 3 is 2.65 bits per heavy atom. The van der Waals surface area contributed by atoms with Gasteiger partial charge in [-0.3, -0.25) is 0 Å². The minimum atomic E-state index is -0.175. The molecule has 20 heavy (non-hydrogen) atoms. The van der Waals surface area contributed by atoms with Gasteiger partial charge in [-0.05, 0) is 13.0 Å². The molecular formula is C15H21FN4. The van der Waals surface area contributed by atoms with E-state index in [-0.39, 0.29) is 11.9 Å². The summed E-state index contributed by atoms with van der Waals surface area (Å²) in [6.45, 7) is 2.61. The minimum absolute atomic E-state index is 0.0473. The Balaban J connectivity index is 2.04. The number of anilines is 1. The summed E-state index contributed by atoms with van der Waals surface area (Å²) in [5.74, 6) is 0.729. The van der Waals surface area contributed by atoms with Gasteiger partial charge < -0.3 is 14.8 Å². The van der Waals surface area contributed by atoms with Crippen molar-refractivity contribution in [1.29, 1.82) is 0 Å². The van der Waals surface area contributed by atoms with Gasteiger partial charge in [-0.2, -0.15) is 0 Å². The highest BCUT2D eigenvalue weighted by Crippen LogP contribution is 2.17. The third-order valence-electron chi connectivity index (χ3n) is 3.42. The summed E-state index contributed by atoms with van der Waals surface area (Å²) in [6, 6.07) is 6.80. The van der Waals surface area contributed by atoms with Crippen molar-refractivity contribution >= 4 is 5.95 Å². The first-order chi connectivity index (χ1) is 9.50. The van der Waals surface area contributed by atoms with Gasteiger partial charge in [-0.1, -0.05) is 18.2 Å². The van der Waals surface area contributed by atoms with Crippen LogP contribution in [-0.2, 0) is 13.6 Å². The average Bonchev–Trinajstić information content (AvgIpc) is 2.78. The summed E-state index contributed by atoms with van der Waals surface area (Å²) < 4.78 is 15.7. The lowest BCUT2D eigenvalue weighted by Gasteiger charge is -2.16. The number of halogens is 1. The maximum absolute atomic E-state index is 13.7. The van der Waals surface area contributed by atoms with Crippen molar-refractivity contribution < 1.29 is 4.39 Å². The zero-order valence-electron chi connectivity index (χ0n) is 12.4. The Hall–Kier alpha value is -1.88. The quantitative estimate of drug-likeness (QED) is 0.910. The van der Waals surface area contributed by atoms with Crippen molar-refractivity contribution in [2.45, 2.75) is 19.5 Å². The topological polar surface area (TPSA) is 33.1 Å². The van der Waals surface area contributed by atoms with E-state index in [0.29, 0.717) is 12.1 Å². The summed E-state index contributed by atoms with van der Waals surface area (Å²) in [5.41, 5.74) is 1.75. The highest BCUT2D eigenvalue weighted by atomic mass is 19.1. The molecule has 0 amide bonds. The van der Waals surface area contributed by atoms with Crippen molar-refractivity contribution in [3.8, 4) is 0 Å². The van der Waals surface area contributed by atoms with Gasteiger partial charge in [0.1, 0.15) is 5.82 Å². The monoisotopic (exact) mass is 276 g/mol. The normalized spacial score (nSPS) is 12.4. The zero-order valence-corrected chi connectivity index (χ0v) is 12.4. The van der Waals surface area contributed by atoms with E-state index in [0.717, 1.165) is 11.6 Å². The molecule has 0 bridgehead atoms. The van der Waals surface area contributed by atoms with E-state index in [2.05, 4.69) is 10.3 Å². The predicted molar refractivity (Wildman–Crippen MR) is 79.2 cm³/mol. The summed E-state index contributed by atoms with van der Waals surface area (Å²) in [4.78, 5) is 6.32. The van der Waals surface area contributed by atoms with E-state index < -0.39 is 0 Å². The van der Waals surface area contributed by atoms with Gasteiger partial charge in [0, 0.05) is 39.3 Å². The third-order valence-corrected chi connectivity index (χ3v) is 3.42. The van der Waals surface area contributed by atoms with Gasteiger partial charge in [-0.25, -0.2) is 9.37 Å². The lowest BCUT2D eigenvalue weighted by molar-refractivity contribution is 0.520. The molecule has 2 aromatic rings. The average molecular weight is 276 g/mol. The highest BCUT2D eigenvalue weighted by Gasteiger charge is 2.12. The largest absolute Gasteiger partial charge is 0.348 e. The first kappa shape index (κ1) is 14.5. The fraction of sp³-hybridized carbons (Fsp3) is 0.400. The summed E-state index contributed by atoms with van der Waals surface area (Å²) in [5, 5.41) is 3.33. The van der Waals surface area contributed by atoms with Crippen molar-refractivity contribution in [2.75, 3.05) is 19.0 Å². The molecule has 0 spiro atoms. The fourth-order valence-corrected chi connectivity index (χ4v) is 2.21. The number of rotatable bonds is 5. The van der Waals surface area contributed by atoms with Gasteiger partial charge in [0.2, 0.25) is 5.95 Å². The molecule has 0 aliphatic heterocycles. The number of hydrogen-bond donors (Lipinski definition) is 1. The standard InChI is InChI=1S/C15H21FN4/c1-11(13-7-5-6-8-14(13)16)17-9-12-10-18-15(19(2)3)20(12)4/h5-8,10-11,17H,9H2,1-4H3/t11-/m1/s1. The summed E-state index contributed by atoms with van der Waals surface area (Å²) in [7, 11) is 5.90. The van der Waals surface area contributed by atoms with Crippen LogP contribution in [0.15, 0.2) is 30.5 Å². The van der Waals surface area contributed by atoms with E-state index >= 15 is 0 Å². The lowest BCUT2D eigenvalue weighted by Crippen LogP contribution is -2.21.